The van der Waals surface area contributed by atoms with E-state index in [9.17, 15) is 10.1 Å². The van der Waals surface area contributed by atoms with Gasteiger partial charge in [-0.3, -0.25) is 10.1 Å². The van der Waals surface area contributed by atoms with Crippen molar-refractivity contribution in [2.45, 2.75) is 16.7 Å². The normalized spacial score (nSPS) is 20.4. The van der Waals surface area contributed by atoms with E-state index in [4.69, 9.17) is 0 Å². The third-order valence-electron chi connectivity index (χ3n) is 2.24. The van der Waals surface area contributed by atoms with Crippen molar-refractivity contribution in [3.05, 3.63) is 28.4 Å². The minimum absolute atomic E-state index is 0.106. The third kappa shape index (κ3) is 2.45. The summed E-state index contributed by atoms with van der Waals surface area (Å²) in [7, 11) is 0. The zero-order valence-corrected chi connectivity index (χ0v) is 8.87. The standard InChI is InChI=1S/C9H11N3O2S/c13-12(14)8-2-1-4-11-9(8)15-7-3-5-10-6-7/h1-2,4,7,10H,3,5-6H2/t7-/m0/s1. The van der Waals surface area contributed by atoms with Crippen LogP contribution in [-0.2, 0) is 0 Å². The summed E-state index contributed by atoms with van der Waals surface area (Å²) in [5.74, 6) is 0. The molecule has 1 aliphatic rings. The molecule has 1 atom stereocenters. The second kappa shape index (κ2) is 4.59. The van der Waals surface area contributed by atoms with Crippen LogP contribution in [0.15, 0.2) is 23.4 Å². The van der Waals surface area contributed by atoms with Gasteiger partial charge in [0.25, 0.3) is 0 Å². The van der Waals surface area contributed by atoms with E-state index in [1.54, 1.807) is 12.3 Å². The van der Waals surface area contributed by atoms with Gasteiger partial charge in [0.2, 0.25) is 0 Å². The van der Waals surface area contributed by atoms with Gasteiger partial charge in [0.15, 0.2) is 5.03 Å². The SMILES string of the molecule is O=[N+]([O-])c1cccnc1S[C@H]1CCNC1. The molecule has 6 heteroatoms. The van der Waals surface area contributed by atoms with Crippen LogP contribution in [0.4, 0.5) is 5.69 Å². The number of hydrogen-bond donors (Lipinski definition) is 1. The van der Waals surface area contributed by atoms with Crippen molar-refractivity contribution in [3.8, 4) is 0 Å². The lowest BCUT2D eigenvalue weighted by molar-refractivity contribution is -0.388. The van der Waals surface area contributed by atoms with Crippen molar-refractivity contribution in [2.24, 2.45) is 0 Å². The van der Waals surface area contributed by atoms with Gasteiger partial charge in [-0.15, -0.1) is 0 Å². The third-order valence-corrected chi connectivity index (χ3v) is 3.51. The average molecular weight is 225 g/mol. The first-order valence-electron chi connectivity index (χ1n) is 4.74. The Morgan fingerprint density at radius 1 is 1.67 bits per heavy atom. The first kappa shape index (κ1) is 10.4. The zero-order chi connectivity index (χ0) is 10.7. The van der Waals surface area contributed by atoms with Crippen LogP contribution in [0.25, 0.3) is 0 Å². The van der Waals surface area contributed by atoms with Gasteiger partial charge in [0.1, 0.15) is 0 Å². The number of hydrogen-bond acceptors (Lipinski definition) is 5. The number of nitrogens with one attached hydrogen (secondary N) is 1. The average Bonchev–Trinajstić information content (AvgIpc) is 2.71. The van der Waals surface area contributed by atoms with Gasteiger partial charge in [-0.2, -0.15) is 0 Å². The number of nitro groups is 1. The van der Waals surface area contributed by atoms with Gasteiger partial charge in [-0.1, -0.05) is 11.8 Å². The Bertz CT molecular complexity index is 366. The van der Waals surface area contributed by atoms with Gasteiger partial charge in [0.05, 0.1) is 4.92 Å². The largest absolute Gasteiger partial charge is 0.316 e. The molecule has 0 amide bonds. The van der Waals surface area contributed by atoms with Gasteiger partial charge >= 0.3 is 5.69 Å². The van der Waals surface area contributed by atoms with E-state index in [0.29, 0.717) is 10.3 Å². The van der Waals surface area contributed by atoms with Crippen molar-refractivity contribution >= 4 is 17.4 Å². The Labute approximate surface area is 91.4 Å². The quantitative estimate of drug-likeness (QED) is 0.622. The fraction of sp³-hybridized carbons (Fsp3) is 0.444. The van der Waals surface area contributed by atoms with E-state index in [2.05, 4.69) is 10.3 Å². The Hall–Kier alpha value is -1.14. The summed E-state index contributed by atoms with van der Waals surface area (Å²) in [5, 5.41) is 14.9. The van der Waals surface area contributed by atoms with Crippen LogP contribution in [0.5, 0.6) is 0 Å². The Morgan fingerprint density at radius 2 is 2.53 bits per heavy atom. The van der Waals surface area contributed by atoms with E-state index in [-0.39, 0.29) is 10.6 Å². The number of thioether (sulfide) groups is 1. The van der Waals surface area contributed by atoms with E-state index in [1.807, 2.05) is 0 Å². The van der Waals surface area contributed by atoms with Crippen LogP contribution in [0.3, 0.4) is 0 Å². The summed E-state index contributed by atoms with van der Waals surface area (Å²) in [5.41, 5.74) is 0.106. The summed E-state index contributed by atoms with van der Waals surface area (Å²) in [6.45, 7) is 1.89. The van der Waals surface area contributed by atoms with E-state index in [0.717, 1.165) is 19.5 Å². The lowest BCUT2D eigenvalue weighted by Gasteiger charge is -2.06. The molecule has 15 heavy (non-hydrogen) atoms. The smallest absolute Gasteiger partial charge is 0.301 e. The van der Waals surface area contributed by atoms with Crippen molar-refractivity contribution in [2.75, 3.05) is 13.1 Å². The number of nitrogens with zero attached hydrogens (tertiary/aromatic N) is 2. The van der Waals surface area contributed by atoms with Crippen LogP contribution >= 0.6 is 11.8 Å². The maximum Gasteiger partial charge on any atom is 0.301 e. The molecule has 0 saturated carbocycles. The fourth-order valence-electron chi connectivity index (χ4n) is 1.50. The lowest BCUT2D eigenvalue weighted by Crippen LogP contribution is -2.10. The number of aromatic nitrogens is 1. The molecule has 2 rings (SSSR count). The Morgan fingerprint density at radius 3 is 3.20 bits per heavy atom. The van der Waals surface area contributed by atoms with Crippen LogP contribution in [0.1, 0.15) is 6.42 Å². The predicted octanol–water partition coefficient (Wildman–Crippen LogP) is 1.44. The second-order valence-electron chi connectivity index (χ2n) is 3.32. The summed E-state index contributed by atoms with van der Waals surface area (Å²) < 4.78 is 0. The van der Waals surface area contributed by atoms with E-state index >= 15 is 0 Å². The summed E-state index contributed by atoms with van der Waals surface area (Å²) in [4.78, 5) is 14.4. The highest BCUT2D eigenvalue weighted by molar-refractivity contribution is 8.00. The molecule has 0 bridgehead atoms. The van der Waals surface area contributed by atoms with E-state index in [1.165, 1.54) is 17.8 Å². The molecule has 0 aromatic carbocycles. The molecule has 1 fully saturated rings. The molecule has 0 spiro atoms. The Balaban J connectivity index is 2.15. The molecule has 1 aliphatic heterocycles. The van der Waals surface area contributed by atoms with Crippen LogP contribution in [0, 0.1) is 10.1 Å². The minimum atomic E-state index is -0.377. The first-order chi connectivity index (χ1) is 7.27. The van der Waals surface area contributed by atoms with Crippen molar-refractivity contribution < 1.29 is 4.92 Å². The molecule has 80 valence electrons. The molecule has 1 saturated heterocycles. The molecule has 1 aromatic rings. The number of pyridine rings is 1. The van der Waals surface area contributed by atoms with Crippen molar-refractivity contribution in [1.82, 2.24) is 10.3 Å². The monoisotopic (exact) mass is 225 g/mol. The molecule has 1 N–H and O–H groups in total. The molecular formula is C9H11N3O2S. The number of rotatable bonds is 3. The van der Waals surface area contributed by atoms with Crippen LogP contribution in [0.2, 0.25) is 0 Å². The topological polar surface area (TPSA) is 68.1 Å². The minimum Gasteiger partial charge on any atom is -0.316 e. The van der Waals surface area contributed by atoms with Gasteiger partial charge < -0.3 is 5.32 Å². The maximum absolute atomic E-state index is 10.7. The van der Waals surface area contributed by atoms with Gasteiger partial charge in [0, 0.05) is 24.1 Å². The molecular weight excluding hydrogens is 214 g/mol. The summed E-state index contributed by atoms with van der Waals surface area (Å²) in [6.07, 6.45) is 2.64. The highest BCUT2D eigenvalue weighted by atomic mass is 32.2. The summed E-state index contributed by atoms with van der Waals surface area (Å²) in [6, 6.07) is 3.09. The lowest BCUT2D eigenvalue weighted by atomic mass is 10.4. The Kier molecular flexibility index (Phi) is 3.17. The highest BCUT2D eigenvalue weighted by Gasteiger charge is 2.21. The molecule has 0 radical (unpaired) electrons. The highest BCUT2D eigenvalue weighted by Crippen LogP contribution is 2.31. The van der Waals surface area contributed by atoms with Gasteiger partial charge in [-0.25, -0.2) is 4.98 Å². The van der Waals surface area contributed by atoms with Crippen molar-refractivity contribution in [1.29, 1.82) is 0 Å². The summed E-state index contributed by atoms with van der Waals surface area (Å²) >= 11 is 1.49. The van der Waals surface area contributed by atoms with Gasteiger partial charge in [-0.05, 0) is 19.0 Å². The molecule has 5 nitrogen and oxygen atoms in total. The van der Waals surface area contributed by atoms with Crippen LogP contribution in [-0.4, -0.2) is 28.2 Å². The van der Waals surface area contributed by atoms with E-state index < -0.39 is 0 Å². The predicted molar refractivity (Wildman–Crippen MR) is 58.0 cm³/mol. The zero-order valence-electron chi connectivity index (χ0n) is 8.05. The molecule has 2 heterocycles. The fourth-order valence-corrected chi connectivity index (χ4v) is 2.64. The van der Waals surface area contributed by atoms with Crippen molar-refractivity contribution in [3.63, 3.8) is 0 Å². The molecule has 0 unspecified atom stereocenters. The first-order valence-corrected chi connectivity index (χ1v) is 5.62. The molecule has 0 aliphatic carbocycles. The maximum atomic E-state index is 10.7. The van der Waals surface area contributed by atoms with Crippen LogP contribution < -0.4 is 5.32 Å². The molecule has 1 aromatic heterocycles. The second-order valence-corrected chi connectivity index (χ2v) is 4.61.